The first kappa shape index (κ1) is 16.0. The van der Waals surface area contributed by atoms with E-state index in [9.17, 15) is 13.2 Å². The van der Waals surface area contributed by atoms with Crippen LogP contribution in [0.4, 0.5) is 19.0 Å². The van der Waals surface area contributed by atoms with Crippen LogP contribution in [0.3, 0.4) is 0 Å². The first-order valence-corrected chi connectivity index (χ1v) is 7.01. The third-order valence-corrected chi connectivity index (χ3v) is 3.63. The lowest BCUT2D eigenvalue weighted by Gasteiger charge is -2.35. The van der Waals surface area contributed by atoms with Crippen molar-refractivity contribution in [2.24, 2.45) is 0 Å². The molecule has 0 saturated carbocycles. The third-order valence-electron chi connectivity index (χ3n) is 3.63. The standard InChI is InChI=1S/C14H21F3N4/c1-19(2)5-6-20-7-9-21(10-8-20)13-4-3-12(11-18-13)14(15,16)17/h3-4,11H,5-10H2,1-2H3. The fraction of sp³-hybridized carbons (Fsp3) is 0.643. The van der Waals surface area contributed by atoms with E-state index in [1.807, 2.05) is 19.0 Å². The summed E-state index contributed by atoms with van der Waals surface area (Å²) in [6, 6.07) is 2.55. The number of anilines is 1. The Morgan fingerprint density at radius 1 is 1.14 bits per heavy atom. The highest BCUT2D eigenvalue weighted by molar-refractivity contribution is 5.40. The average Bonchev–Trinajstić information content (AvgIpc) is 2.45. The van der Waals surface area contributed by atoms with E-state index in [1.165, 1.54) is 6.07 Å². The SMILES string of the molecule is CN(C)CCN1CCN(c2ccc(C(F)(F)F)cn2)CC1. The fourth-order valence-corrected chi connectivity index (χ4v) is 2.28. The maximum absolute atomic E-state index is 12.5. The first-order valence-electron chi connectivity index (χ1n) is 7.01. The van der Waals surface area contributed by atoms with E-state index < -0.39 is 11.7 Å². The van der Waals surface area contributed by atoms with Gasteiger partial charge in [0.1, 0.15) is 5.82 Å². The molecule has 1 aromatic heterocycles. The van der Waals surface area contributed by atoms with Gasteiger partial charge in [0.25, 0.3) is 0 Å². The van der Waals surface area contributed by atoms with Crippen LogP contribution in [0.5, 0.6) is 0 Å². The highest BCUT2D eigenvalue weighted by Gasteiger charge is 2.31. The summed E-state index contributed by atoms with van der Waals surface area (Å²) in [4.78, 5) is 10.5. The summed E-state index contributed by atoms with van der Waals surface area (Å²) in [5.74, 6) is 0.621. The molecule has 2 heterocycles. The highest BCUT2D eigenvalue weighted by atomic mass is 19.4. The maximum Gasteiger partial charge on any atom is 0.417 e. The lowest BCUT2D eigenvalue weighted by Crippen LogP contribution is -2.48. The van der Waals surface area contributed by atoms with Crippen molar-refractivity contribution >= 4 is 5.82 Å². The quantitative estimate of drug-likeness (QED) is 0.845. The molecule has 4 nitrogen and oxygen atoms in total. The van der Waals surface area contributed by atoms with Crippen molar-refractivity contribution in [3.05, 3.63) is 23.9 Å². The van der Waals surface area contributed by atoms with Crippen molar-refractivity contribution < 1.29 is 13.2 Å². The molecule has 0 amide bonds. The molecule has 2 rings (SSSR count). The molecule has 0 radical (unpaired) electrons. The van der Waals surface area contributed by atoms with Gasteiger partial charge in [0.2, 0.25) is 0 Å². The van der Waals surface area contributed by atoms with Crippen molar-refractivity contribution in [2.75, 3.05) is 58.3 Å². The van der Waals surface area contributed by atoms with Gasteiger partial charge in [-0.15, -0.1) is 0 Å². The Bertz CT molecular complexity index is 437. The minimum atomic E-state index is -4.32. The number of aromatic nitrogens is 1. The first-order chi connectivity index (χ1) is 9.86. The topological polar surface area (TPSA) is 22.6 Å². The Labute approximate surface area is 123 Å². The van der Waals surface area contributed by atoms with Gasteiger partial charge in [-0.25, -0.2) is 4.98 Å². The number of hydrogen-bond donors (Lipinski definition) is 0. The smallest absolute Gasteiger partial charge is 0.354 e. The molecule has 1 fully saturated rings. The zero-order chi connectivity index (χ0) is 15.5. The minimum Gasteiger partial charge on any atom is -0.354 e. The van der Waals surface area contributed by atoms with Crippen LogP contribution in [0.1, 0.15) is 5.56 Å². The molecule has 0 spiro atoms. The summed E-state index contributed by atoms with van der Waals surface area (Å²) in [6.07, 6.45) is -3.41. The van der Waals surface area contributed by atoms with Gasteiger partial charge < -0.3 is 9.80 Å². The second-order valence-electron chi connectivity index (χ2n) is 5.53. The van der Waals surface area contributed by atoms with Gasteiger partial charge in [-0.3, -0.25) is 4.90 Å². The molecule has 7 heteroatoms. The normalized spacial score (nSPS) is 17.5. The summed E-state index contributed by atoms with van der Waals surface area (Å²) < 4.78 is 37.5. The van der Waals surface area contributed by atoms with Crippen molar-refractivity contribution in [1.29, 1.82) is 0 Å². The molecule has 1 saturated heterocycles. The molecule has 0 bridgehead atoms. The second kappa shape index (κ2) is 6.62. The molecule has 1 aliphatic heterocycles. The molecule has 1 aromatic rings. The molecule has 1 aliphatic rings. The van der Waals surface area contributed by atoms with E-state index in [4.69, 9.17) is 0 Å². The van der Waals surface area contributed by atoms with E-state index in [0.29, 0.717) is 5.82 Å². The number of nitrogens with zero attached hydrogens (tertiary/aromatic N) is 4. The van der Waals surface area contributed by atoms with Crippen molar-refractivity contribution in [2.45, 2.75) is 6.18 Å². The zero-order valence-electron chi connectivity index (χ0n) is 12.4. The summed E-state index contributed by atoms with van der Waals surface area (Å²) in [7, 11) is 4.09. The predicted molar refractivity (Wildman–Crippen MR) is 76.4 cm³/mol. The number of halogens is 3. The Kier molecular flexibility index (Phi) is 5.05. The van der Waals surface area contributed by atoms with E-state index in [-0.39, 0.29) is 0 Å². The third kappa shape index (κ3) is 4.57. The van der Waals surface area contributed by atoms with Crippen LogP contribution in [0.25, 0.3) is 0 Å². The number of likely N-dealkylation sites (N-methyl/N-ethyl adjacent to an activating group) is 1. The van der Waals surface area contributed by atoms with Crippen LogP contribution < -0.4 is 4.90 Å². The van der Waals surface area contributed by atoms with Crippen LogP contribution in [0, 0.1) is 0 Å². The van der Waals surface area contributed by atoms with E-state index in [2.05, 4.69) is 14.8 Å². The van der Waals surface area contributed by atoms with Gasteiger partial charge in [-0.05, 0) is 26.2 Å². The lowest BCUT2D eigenvalue weighted by molar-refractivity contribution is -0.137. The van der Waals surface area contributed by atoms with Crippen molar-refractivity contribution in [3.63, 3.8) is 0 Å². The number of alkyl halides is 3. The second-order valence-corrected chi connectivity index (χ2v) is 5.53. The number of pyridine rings is 1. The molecular weight excluding hydrogens is 281 g/mol. The van der Waals surface area contributed by atoms with E-state index >= 15 is 0 Å². The van der Waals surface area contributed by atoms with Gasteiger partial charge in [-0.1, -0.05) is 0 Å². The Morgan fingerprint density at radius 2 is 1.81 bits per heavy atom. The molecule has 0 unspecified atom stereocenters. The molecule has 0 atom stereocenters. The summed E-state index contributed by atoms with van der Waals surface area (Å²) in [5, 5.41) is 0. The zero-order valence-corrected chi connectivity index (χ0v) is 12.4. The number of hydrogen-bond acceptors (Lipinski definition) is 4. The van der Waals surface area contributed by atoms with Crippen LogP contribution in [0.15, 0.2) is 18.3 Å². The molecular formula is C14H21F3N4. The van der Waals surface area contributed by atoms with E-state index in [1.54, 1.807) is 0 Å². The predicted octanol–water partition coefficient (Wildman–Crippen LogP) is 1.78. The Balaban J connectivity index is 1.87. The number of rotatable bonds is 4. The monoisotopic (exact) mass is 302 g/mol. The van der Waals surface area contributed by atoms with Gasteiger partial charge in [0, 0.05) is 45.5 Å². The van der Waals surface area contributed by atoms with Gasteiger partial charge in [0.05, 0.1) is 5.56 Å². The average molecular weight is 302 g/mol. The Morgan fingerprint density at radius 3 is 2.29 bits per heavy atom. The fourth-order valence-electron chi connectivity index (χ4n) is 2.28. The molecule has 118 valence electrons. The summed E-state index contributed by atoms with van der Waals surface area (Å²) >= 11 is 0. The maximum atomic E-state index is 12.5. The van der Waals surface area contributed by atoms with Crippen molar-refractivity contribution in [1.82, 2.24) is 14.8 Å². The Hall–Kier alpha value is -1.34. The number of piperazine rings is 1. The van der Waals surface area contributed by atoms with Gasteiger partial charge in [0.15, 0.2) is 0 Å². The summed E-state index contributed by atoms with van der Waals surface area (Å²) in [6.45, 7) is 5.45. The van der Waals surface area contributed by atoms with Gasteiger partial charge in [-0.2, -0.15) is 13.2 Å². The van der Waals surface area contributed by atoms with E-state index in [0.717, 1.165) is 51.5 Å². The van der Waals surface area contributed by atoms with Crippen LogP contribution in [-0.4, -0.2) is 68.1 Å². The van der Waals surface area contributed by atoms with Crippen LogP contribution in [-0.2, 0) is 6.18 Å². The molecule has 0 aromatic carbocycles. The lowest BCUT2D eigenvalue weighted by atomic mass is 10.2. The molecule has 21 heavy (non-hydrogen) atoms. The minimum absolute atomic E-state index is 0.621. The molecule has 0 aliphatic carbocycles. The van der Waals surface area contributed by atoms with Gasteiger partial charge >= 0.3 is 6.18 Å². The van der Waals surface area contributed by atoms with Crippen LogP contribution >= 0.6 is 0 Å². The van der Waals surface area contributed by atoms with Crippen molar-refractivity contribution in [3.8, 4) is 0 Å². The summed E-state index contributed by atoms with van der Waals surface area (Å²) in [5.41, 5.74) is -0.698. The highest BCUT2D eigenvalue weighted by Crippen LogP contribution is 2.29. The van der Waals surface area contributed by atoms with Crippen LogP contribution in [0.2, 0.25) is 0 Å². The molecule has 0 N–H and O–H groups in total. The largest absolute Gasteiger partial charge is 0.417 e.